The fourth-order valence-corrected chi connectivity index (χ4v) is 5.29. The summed E-state index contributed by atoms with van der Waals surface area (Å²) in [5.41, 5.74) is 4.00. The molecule has 1 aromatic heterocycles. The molecule has 1 fully saturated rings. The first-order chi connectivity index (χ1) is 19.5. The Hall–Kier alpha value is -4.91. The van der Waals surface area contributed by atoms with Crippen LogP contribution in [0, 0.1) is 0 Å². The fraction of sp³-hybridized carbons (Fsp3) is 0.182. The van der Waals surface area contributed by atoms with Gasteiger partial charge in [0, 0.05) is 30.9 Å². The summed E-state index contributed by atoms with van der Waals surface area (Å²) >= 11 is 0. The lowest BCUT2D eigenvalue weighted by Crippen LogP contribution is -2.29. The minimum atomic E-state index is -0.785. The van der Waals surface area contributed by atoms with E-state index in [1.54, 1.807) is 30.6 Å². The third kappa shape index (κ3) is 4.94. The molecule has 3 aromatic carbocycles. The Morgan fingerprint density at radius 2 is 1.77 bits per heavy atom. The topological polar surface area (TPSA) is 89.0 Å². The molecule has 4 aromatic rings. The standard InChI is InChI=1S/C33H28N2O5/c1-21-16-26-17-25(11-14-28(26)40-21)31(36)29-30(35(33(38)32(29)37)19-23-8-5-15-34-18-23)24-9-12-27(13-10-24)39-20-22-6-3-2-4-7-22/h2-15,17-18,21,30,36H,16,19-20H2,1H3/t21-,30+/m1/s1. The molecule has 1 amide bonds. The minimum absolute atomic E-state index is 0.0417. The van der Waals surface area contributed by atoms with E-state index in [0.29, 0.717) is 29.9 Å². The van der Waals surface area contributed by atoms with E-state index in [-0.39, 0.29) is 24.0 Å². The first-order valence-electron chi connectivity index (χ1n) is 13.2. The van der Waals surface area contributed by atoms with E-state index in [0.717, 1.165) is 22.4 Å². The van der Waals surface area contributed by atoms with E-state index in [1.165, 1.54) is 4.90 Å². The van der Waals surface area contributed by atoms with Crippen molar-refractivity contribution in [3.63, 3.8) is 0 Å². The SMILES string of the molecule is C[C@@H]1Cc2cc(C(O)=C3C(=O)C(=O)N(Cc4cccnc4)[C@H]3c3ccc(OCc4ccccc4)cc3)ccc2O1. The fourth-order valence-electron chi connectivity index (χ4n) is 5.29. The van der Waals surface area contributed by atoms with Crippen LogP contribution in [0.3, 0.4) is 0 Å². The van der Waals surface area contributed by atoms with Gasteiger partial charge in [-0.3, -0.25) is 14.6 Å². The van der Waals surface area contributed by atoms with Crippen LogP contribution in [0.2, 0.25) is 0 Å². The van der Waals surface area contributed by atoms with Gasteiger partial charge < -0.3 is 19.5 Å². The second kappa shape index (κ2) is 10.7. The molecule has 1 N–H and O–H groups in total. The molecule has 7 nitrogen and oxygen atoms in total. The molecule has 2 aliphatic heterocycles. The van der Waals surface area contributed by atoms with Crippen LogP contribution in [-0.2, 0) is 29.2 Å². The number of pyridine rings is 1. The highest BCUT2D eigenvalue weighted by atomic mass is 16.5. The number of benzene rings is 3. The van der Waals surface area contributed by atoms with Crippen LogP contribution in [0.15, 0.2) is 103 Å². The number of aromatic nitrogens is 1. The van der Waals surface area contributed by atoms with Crippen LogP contribution in [-0.4, -0.2) is 32.8 Å². The van der Waals surface area contributed by atoms with E-state index in [1.807, 2.05) is 73.7 Å². The van der Waals surface area contributed by atoms with Gasteiger partial charge in [-0.05, 0) is 65.6 Å². The van der Waals surface area contributed by atoms with Gasteiger partial charge in [0.05, 0.1) is 11.6 Å². The van der Waals surface area contributed by atoms with Crippen molar-refractivity contribution in [2.24, 2.45) is 0 Å². The van der Waals surface area contributed by atoms with Crippen molar-refractivity contribution in [1.82, 2.24) is 9.88 Å². The summed E-state index contributed by atoms with van der Waals surface area (Å²) in [6.45, 7) is 2.57. The highest BCUT2D eigenvalue weighted by Gasteiger charge is 2.46. The first-order valence-corrected chi connectivity index (χ1v) is 13.2. The van der Waals surface area contributed by atoms with Crippen molar-refractivity contribution in [2.45, 2.75) is 38.6 Å². The molecule has 0 saturated carbocycles. The average molecular weight is 533 g/mol. The number of hydrogen-bond acceptors (Lipinski definition) is 6. The molecule has 6 rings (SSSR count). The summed E-state index contributed by atoms with van der Waals surface area (Å²) in [6, 6.07) is 25.4. The molecule has 200 valence electrons. The summed E-state index contributed by atoms with van der Waals surface area (Å²) in [4.78, 5) is 32.4. The van der Waals surface area contributed by atoms with Crippen LogP contribution >= 0.6 is 0 Å². The number of carbonyl (C=O) groups is 2. The largest absolute Gasteiger partial charge is 0.507 e. The zero-order valence-corrected chi connectivity index (χ0v) is 22.0. The summed E-state index contributed by atoms with van der Waals surface area (Å²) < 4.78 is 11.7. The molecule has 0 unspecified atom stereocenters. The molecule has 0 radical (unpaired) electrons. The van der Waals surface area contributed by atoms with E-state index < -0.39 is 17.7 Å². The first kappa shape index (κ1) is 25.4. The Labute approximate surface area is 232 Å². The van der Waals surface area contributed by atoms with Crippen molar-refractivity contribution in [3.8, 4) is 11.5 Å². The minimum Gasteiger partial charge on any atom is -0.507 e. The summed E-state index contributed by atoms with van der Waals surface area (Å²) in [5, 5.41) is 11.5. The van der Waals surface area contributed by atoms with Crippen molar-refractivity contribution >= 4 is 17.4 Å². The molecule has 0 aliphatic carbocycles. The number of Topliss-reactive ketones (excluding diaryl/α,β-unsaturated/α-hetero) is 1. The van der Waals surface area contributed by atoms with Gasteiger partial charge in [0.25, 0.3) is 11.7 Å². The zero-order chi connectivity index (χ0) is 27.6. The number of nitrogens with zero attached hydrogens (tertiary/aromatic N) is 2. The number of ketones is 1. The second-order valence-electron chi connectivity index (χ2n) is 10.1. The van der Waals surface area contributed by atoms with Crippen molar-refractivity contribution < 1.29 is 24.2 Å². The van der Waals surface area contributed by atoms with Crippen LogP contribution in [0.25, 0.3) is 5.76 Å². The predicted octanol–water partition coefficient (Wildman–Crippen LogP) is 5.61. The average Bonchev–Trinajstić information content (AvgIpc) is 3.48. The smallest absolute Gasteiger partial charge is 0.295 e. The summed E-state index contributed by atoms with van der Waals surface area (Å²) in [5.74, 6) is -0.170. The van der Waals surface area contributed by atoms with Gasteiger partial charge in [-0.1, -0.05) is 48.5 Å². The van der Waals surface area contributed by atoms with Gasteiger partial charge in [0.1, 0.15) is 30.0 Å². The lowest BCUT2D eigenvalue weighted by atomic mass is 9.94. The van der Waals surface area contributed by atoms with Gasteiger partial charge in [0.2, 0.25) is 0 Å². The van der Waals surface area contributed by atoms with Crippen LogP contribution in [0.5, 0.6) is 11.5 Å². The number of amides is 1. The van der Waals surface area contributed by atoms with Gasteiger partial charge in [-0.25, -0.2) is 0 Å². The Bertz CT molecular complexity index is 1580. The molecule has 2 aliphatic rings. The normalized spacial score (nSPS) is 19.4. The van der Waals surface area contributed by atoms with E-state index >= 15 is 0 Å². The number of likely N-dealkylation sites (tertiary alicyclic amines) is 1. The number of hydrogen-bond donors (Lipinski definition) is 1. The van der Waals surface area contributed by atoms with Crippen molar-refractivity contribution in [1.29, 1.82) is 0 Å². The molecule has 40 heavy (non-hydrogen) atoms. The highest BCUT2D eigenvalue weighted by Crippen LogP contribution is 2.41. The van der Waals surface area contributed by atoms with Gasteiger partial charge in [0.15, 0.2) is 0 Å². The van der Waals surface area contributed by atoms with Gasteiger partial charge in [-0.2, -0.15) is 0 Å². The summed E-state index contributed by atoms with van der Waals surface area (Å²) in [6.07, 6.45) is 4.07. The van der Waals surface area contributed by atoms with Crippen molar-refractivity contribution in [2.75, 3.05) is 0 Å². The molecule has 0 spiro atoms. The Morgan fingerprint density at radius 3 is 2.52 bits per heavy atom. The Balaban J connectivity index is 1.37. The molecule has 7 heteroatoms. The Morgan fingerprint density at radius 1 is 1.00 bits per heavy atom. The molecular weight excluding hydrogens is 504 g/mol. The maximum Gasteiger partial charge on any atom is 0.295 e. The van der Waals surface area contributed by atoms with Gasteiger partial charge >= 0.3 is 0 Å². The maximum atomic E-state index is 13.4. The predicted molar refractivity (Wildman–Crippen MR) is 150 cm³/mol. The molecule has 3 heterocycles. The lowest BCUT2D eigenvalue weighted by Gasteiger charge is -2.25. The third-order valence-corrected chi connectivity index (χ3v) is 7.23. The van der Waals surface area contributed by atoms with E-state index in [9.17, 15) is 14.7 Å². The van der Waals surface area contributed by atoms with Crippen LogP contribution < -0.4 is 9.47 Å². The van der Waals surface area contributed by atoms with Crippen LogP contribution in [0.1, 0.15) is 40.8 Å². The number of ether oxygens (including phenoxy) is 2. The molecule has 0 bridgehead atoms. The number of fused-ring (bicyclic) bond motifs is 1. The Kier molecular flexibility index (Phi) is 6.78. The van der Waals surface area contributed by atoms with E-state index in [4.69, 9.17) is 9.47 Å². The quantitative estimate of drug-likeness (QED) is 0.189. The monoisotopic (exact) mass is 532 g/mol. The molecule has 2 atom stereocenters. The third-order valence-electron chi connectivity index (χ3n) is 7.23. The molecule has 1 saturated heterocycles. The number of rotatable bonds is 7. The molecular formula is C33H28N2O5. The second-order valence-corrected chi connectivity index (χ2v) is 10.1. The number of aliphatic hydroxyl groups excluding tert-OH is 1. The van der Waals surface area contributed by atoms with Gasteiger partial charge in [-0.15, -0.1) is 0 Å². The highest BCUT2D eigenvalue weighted by molar-refractivity contribution is 6.46. The summed E-state index contributed by atoms with van der Waals surface area (Å²) in [7, 11) is 0. The van der Waals surface area contributed by atoms with Crippen LogP contribution in [0.4, 0.5) is 0 Å². The lowest BCUT2D eigenvalue weighted by molar-refractivity contribution is -0.140. The number of aliphatic hydroxyl groups is 1. The number of carbonyl (C=O) groups excluding carboxylic acids is 2. The van der Waals surface area contributed by atoms with E-state index in [2.05, 4.69) is 4.98 Å². The maximum absolute atomic E-state index is 13.4. The zero-order valence-electron chi connectivity index (χ0n) is 22.0. The van der Waals surface area contributed by atoms with Crippen molar-refractivity contribution in [3.05, 3.63) is 131 Å².